The maximum atomic E-state index is 4.26. The number of pyridine rings is 1. The monoisotopic (exact) mass is 340 g/mol. The topological polar surface area (TPSA) is 24.9 Å². The fourth-order valence-electron chi connectivity index (χ4n) is 1.34. The summed E-state index contributed by atoms with van der Waals surface area (Å²) in [5.41, 5.74) is 2.24. The number of hydrogen-bond donors (Lipinski definition) is 1. The normalized spacial score (nSPS) is 10.1. The van der Waals surface area contributed by atoms with Crippen molar-refractivity contribution < 1.29 is 0 Å². The lowest BCUT2D eigenvalue weighted by molar-refractivity contribution is 1.12. The lowest BCUT2D eigenvalue weighted by atomic mass is 10.2. The van der Waals surface area contributed by atoms with Gasteiger partial charge < -0.3 is 5.32 Å². The second-order valence-electron chi connectivity index (χ2n) is 3.31. The van der Waals surface area contributed by atoms with Crippen molar-refractivity contribution in [2.45, 2.75) is 6.54 Å². The highest BCUT2D eigenvalue weighted by Crippen LogP contribution is 2.22. The van der Waals surface area contributed by atoms with Crippen LogP contribution in [-0.2, 0) is 6.54 Å². The van der Waals surface area contributed by atoms with Gasteiger partial charge in [-0.15, -0.1) is 0 Å². The molecule has 4 heteroatoms. The minimum Gasteiger partial charge on any atom is -0.379 e. The van der Waals surface area contributed by atoms with Crippen LogP contribution in [0.25, 0.3) is 0 Å². The van der Waals surface area contributed by atoms with Crippen LogP contribution >= 0.6 is 31.9 Å². The molecule has 0 bridgehead atoms. The predicted molar refractivity (Wildman–Crippen MR) is 73.4 cm³/mol. The zero-order valence-electron chi connectivity index (χ0n) is 8.45. The zero-order chi connectivity index (χ0) is 11.4. The number of hydrogen-bond acceptors (Lipinski definition) is 2. The van der Waals surface area contributed by atoms with E-state index >= 15 is 0 Å². The van der Waals surface area contributed by atoms with Crippen LogP contribution < -0.4 is 5.32 Å². The molecule has 2 rings (SSSR count). The van der Waals surface area contributed by atoms with Crippen molar-refractivity contribution in [1.82, 2.24) is 4.98 Å². The lowest BCUT2D eigenvalue weighted by Crippen LogP contribution is -2.00. The predicted octanol–water partition coefficient (Wildman–Crippen LogP) is 4.22. The molecule has 0 spiro atoms. The number of rotatable bonds is 3. The summed E-state index contributed by atoms with van der Waals surface area (Å²) >= 11 is 6.74. The van der Waals surface area contributed by atoms with E-state index in [-0.39, 0.29) is 0 Å². The largest absolute Gasteiger partial charge is 0.379 e. The van der Waals surface area contributed by atoms with Crippen LogP contribution in [0.5, 0.6) is 0 Å². The molecule has 0 aliphatic rings. The van der Waals surface area contributed by atoms with Crippen molar-refractivity contribution in [1.29, 1.82) is 0 Å². The molecule has 0 aliphatic heterocycles. The standard InChI is InChI=1S/C12H10Br2N2/c13-11-7-6-10(12(14)16-11)15-8-9-4-2-1-3-5-9/h1-7,15H,8H2. The summed E-state index contributed by atoms with van der Waals surface area (Å²) in [5.74, 6) is 0. The van der Waals surface area contributed by atoms with Gasteiger partial charge in [0.25, 0.3) is 0 Å². The quantitative estimate of drug-likeness (QED) is 0.845. The molecule has 82 valence electrons. The van der Waals surface area contributed by atoms with Gasteiger partial charge in [0.2, 0.25) is 0 Å². The summed E-state index contributed by atoms with van der Waals surface area (Å²) in [6.45, 7) is 0.794. The zero-order valence-corrected chi connectivity index (χ0v) is 11.6. The van der Waals surface area contributed by atoms with Gasteiger partial charge in [-0.2, -0.15) is 0 Å². The van der Waals surface area contributed by atoms with Gasteiger partial charge in [-0.05, 0) is 49.6 Å². The molecular weight excluding hydrogens is 332 g/mol. The van der Waals surface area contributed by atoms with E-state index in [0.29, 0.717) is 0 Å². The van der Waals surface area contributed by atoms with E-state index < -0.39 is 0 Å². The molecule has 1 heterocycles. The summed E-state index contributed by atoms with van der Waals surface area (Å²) in [6.07, 6.45) is 0. The van der Waals surface area contributed by atoms with Crippen molar-refractivity contribution in [3.05, 3.63) is 57.2 Å². The van der Waals surface area contributed by atoms with E-state index in [0.717, 1.165) is 21.4 Å². The third-order valence-electron chi connectivity index (χ3n) is 2.14. The Morgan fingerprint density at radius 2 is 1.75 bits per heavy atom. The fourth-order valence-corrected chi connectivity index (χ4v) is 2.35. The van der Waals surface area contributed by atoms with Gasteiger partial charge in [0, 0.05) is 6.54 Å². The summed E-state index contributed by atoms with van der Waals surface area (Å²) in [7, 11) is 0. The molecule has 0 atom stereocenters. The van der Waals surface area contributed by atoms with Crippen molar-refractivity contribution in [2.75, 3.05) is 5.32 Å². The van der Waals surface area contributed by atoms with Gasteiger partial charge in [-0.3, -0.25) is 0 Å². The second kappa shape index (κ2) is 5.46. The van der Waals surface area contributed by atoms with Crippen LogP contribution in [-0.4, -0.2) is 4.98 Å². The molecule has 2 nitrogen and oxygen atoms in total. The molecule has 0 fully saturated rings. The van der Waals surface area contributed by atoms with E-state index in [2.05, 4.69) is 54.3 Å². The van der Waals surface area contributed by atoms with Crippen LogP contribution in [0.3, 0.4) is 0 Å². The van der Waals surface area contributed by atoms with Crippen molar-refractivity contribution >= 4 is 37.5 Å². The molecule has 1 aromatic heterocycles. The maximum Gasteiger partial charge on any atom is 0.130 e. The fraction of sp³-hybridized carbons (Fsp3) is 0.0833. The van der Waals surface area contributed by atoms with Crippen LogP contribution in [0.1, 0.15) is 5.56 Å². The highest BCUT2D eigenvalue weighted by Gasteiger charge is 2.01. The minimum atomic E-state index is 0.794. The molecule has 16 heavy (non-hydrogen) atoms. The number of aromatic nitrogens is 1. The Kier molecular flexibility index (Phi) is 3.96. The smallest absolute Gasteiger partial charge is 0.130 e. The first-order valence-corrected chi connectivity index (χ1v) is 6.44. The Balaban J connectivity index is 2.05. The third kappa shape index (κ3) is 3.06. The average Bonchev–Trinajstić information content (AvgIpc) is 2.29. The highest BCUT2D eigenvalue weighted by atomic mass is 79.9. The molecule has 0 radical (unpaired) electrons. The van der Waals surface area contributed by atoms with E-state index in [1.54, 1.807) is 0 Å². The Bertz CT molecular complexity index is 472. The second-order valence-corrected chi connectivity index (χ2v) is 4.88. The number of nitrogens with zero attached hydrogens (tertiary/aromatic N) is 1. The summed E-state index contributed by atoms with van der Waals surface area (Å²) in [6, 6.07) is 14.2. The van der Waals surface area contributed by atoms with E-state index in [9.17, 15) is 0 Å². The summed E-state index contributed by atoms with van der Waals surface area (Å²) < 4.78 is 1.64. The molecular formula is C12H10Br2N2. The van der Waals surface area contributed by atoms with Crippen LogP contribution in [0.15, 0.2) is 51.7 Å². The third-order valence-corrected chi connectivity index (χ3v) is 3.19. The molecule has 0 saturated carbocycles. The maximum absolute atomic E-state index is 4.26. The van der Waals surface area contributed by atoms with Crippen molar-refractivity contribution in [3.63, 3.8) is 0 Å². The van der Waals surface area contributed by atoms with Gasteiger partial charge in [0.1, 0.15) is 9.21 Å². The number of nitrogens with one attached hydrogen (secondary N) is 1. The lowest BCUT2D eigenvalue weighted by Gasteiger charge is -2.08. The number of anilines is 1. The van der Waals surface area contributed by atoms with Gasteiger partial charge in [0.15, 0.2) is 0 Å². The Labute approximate surface area is 111 Å². The van der Waals surface area contributed by atoms with Crippen LogP contribution in [0, 0.1) is 0 Å². The molecule has 0 unspecified atom stereocenters. The number of benzene rings is 1. The first-order valence-electron chi connectivity index (χ1n) is 4.85. The number of halogens is 2. The van der Waals surface area contributed by atoms with E-state index in [1.165, 1.54) is 5.56 Å². The van der Waals surface area contributed by atoms with Crippen LogP contribution in [0.4, 0.5) is 5.69 Å². The Morgan fingerprint density at radius 1 is 1.00 bits per heavy atom. The summed E-state index contributed by atoms with van der Waals surface area (Å²) in [5, 5.41) is 3.33. The van der Waals surface area contributed by atoms with Gasteiger partial charge in [-0.1, -0.05) is 30.3 Å². The Morgan fingerprint density at radius 3 is 2.44 bits per heavy atom. The molecule has 1 aromatic carbocycles. The van der Waals surface area contributed by atoms with E-state index in [1.807, 2.05) is 30.3 Å². The Hall–Kier alpha value is -0.870. The molecule has 0 saturated heterocycles. The van der Waals surface area contributed by atoms with Gasteiger partial charge >= 0.3 is 0 Å². The minimum absolute atomic E-state index is 0.794. The molecule has 0 amide bonds. The first kappa shape index (κ1) is 11.6. The molecule has 2 aromatic rings. The van der Waals surface area contributed by atoms with Gasteiger partial charge in [0.05, 0.1) is 5.69 Å². The first-order chi connectivity index (χ1) is 7.75. The van der Waals surface area contributed by atoms with Gasteiger partial charge in [-0.25, -0.2) is 4.98 Å². The van der Waals surface area contributed by atoms with Crippen molar-refractivity contribution in [2.24, 2.45) is 0 Å². The summed E-state index contributed by atoms with van der Waals surface area (Å²) in [4.78, 5) is 4.26. The van der Waals surface area contributed by atoms with Crippen LogP contribution in [0.2, 0.25) is 0 Å². The average molecular weight is 342 g/mol. The molecule has 1 N–H and O–H groups in total. The van der Waals surface area contributed by atoms with E-state index in [4.69, 9.17) is 0 Å². The van der Waals surface area contributed by atoms with Crippen molar-refractivity contribution in [3.8, 4) is 0 Å². The highest BCUT2D eigenvalue weighted by molar-refractivity contribution is 9.11. The SMILES string of the molecule is Brc1ccc(NCc2ccccc2)c(Br)n1. The molecule has 0 aliphatic carbocycles.